The maximum absolute atomic E-state index is 13.5. The molecule has 0 saturated carbocycles. The summed E-state index contributed by atoms with van der Waals surface area (Å²) in [7, 11) is 0. The summed E-state index contributed by atoms with van der Waals surface area (Å²) >= 11 is 1.49. The summed E-state index contributed by atoms with van der Waals surface area (Å²) in [5.41, 5.74) is 1.79. The molecule has 3 amide bonds. The Morgan fingerprint density at radius 2 is 1.62 bits per heavy atom. The molecule has 8 heteroatoms. The van der Waals surface area contributed by atoms with Gasteiger partial charge in [-0.3, -0.25) is 14.4 Å². The molecule has 2 aromatic carbocycles. The number of carbonyl (C=O) groups excluding carboxylic acids is 3. The van der Waals surface area contributed by atoms with Gasteiger partial charge in [-0.2, -0.15) is 0 Å². The Labute approximate surface area is 223 Å². The van der Waals surface area contributed by atoms with Crippen molar-refractivity contribution in [2.24, 2.45) is 5.92 Å². The predicted octanol–water partition coefficient (Wildman–Crippen LogP) is 2.87. The van der Waals surface area contributed by atoms with Crippen LogP contribution < -0.4 is 5.32 Å². The van der Waals surface area contributed by atoms with Crippen LogP contribution >= 0.6 is 11.8 Å². The number of nitrogens with one attached hydrogen (secondary N) is 1. The summed E-state index contributed by atoms with van der Waals surface area (Å²) in [4.78, 5) is 42.8. The van der Waals surface area contributed by atoms with Gasteiger partial charge in [0.25, 0.3) is 5.91 Å². The minimum absolute atomic E-state index is 0.0329. The Kier molecular flexibility index (Phi) is 8.60. The van der Waals surface area contributed by atoms with E-state index in [0.29, 0.717) is 30.9 Å². The van der Waals surface area contributed by atoms with Crippen molar-refractivity contribution in [3.63, 3.8) is 0 Å². The molecular weight excluding hydrogens is 486 g/mol. The minimum Gasteiger partial charge on any atom is -0.381 e. The molecule has 2 aromatic rings. The number of rotatable bonds is 8. The maximum Gasteiger partial charge on any atom is 0.254 e. The van der Waals surface area contributed by atoms with E-state index in [0.717, 1.165) is 11.1 Å². The molecule has 0 spiro atoms. The van der Waals surface area contributed by atoms with E-state index in [9.17, 15) is 19.5 Å². The highest BCUT2D eigenvalue weighted by molar-refractivity contribution is 7.99. The quantitative estimate of drug-likeness (QED) is 0.556. The van der Waals surface area contributed by atoms with Gasteiger partial charge in [0.2, 0.25) is 11.8 Å². The van der Waals surface area contributed by atoms with Gasteiger partial charge in [0.15, 0.2) is 6.10 Å². The second kappa shape index (κ2) is 11.7. The lowest BCUT2D eigenvalue weighted by Crippen LogP contribution is -2.55. The lowest BCUT2D eigenvalue weighted by Gasteiger charge is -2.31. The maximum atomic E-state index is 13.5. The molecule has 7 nitrogen and oxygen atoms in total. The summed E-state index contributed by atoms with van der Waals surface area (Å²) in [5.74, 6) is -0.132. The third-order valence-electron chi connectivity index (χ3n) is 6.89. The zero-order valence-electron chi connectivity index (χ0n) is 21.8. The highest BCUT2D eigenvalue weighted by Crippen LogP contribution is 2.31. The Hall–Kier alpha value is -2.84. The molecule has 2 heterocycles. The number of hydrogen-bond acceptors (Lipinski definition) is 5. The van der Waals surface area contributed by atoms with Crippen LogP contribution in [0, 0.1) is 5.92 Å². The molecule has 0 aromatic heterocycles. The van der Waals surface area contributed by atoms with Crippen LogP contribution in [0.4, 0.5) is 0 Å². The smallest absolute Gasteiger partial charge is 0.254 e. The number of likely N-dealkylation sites (tertiary alicyclic amines) is 1. The van der Waals surface area contributed by atoms with Gasteiger partial charge < -0.3 is 20.2 Å². The van der Waals surface area contributed by atoms with Crippen LogP contribution in [0.25, 0.3) is 0 Å². The normalized spacial score (nSPS) is 22.8. The van der Waals surface area contributed by atoms with Crippen molar-refractivity contribution in [2.45, 2.75) is 63.8 Å². The summed E-state index contributed by atoms with van der Waals surface area (Å²) in [6.07, 6.45) is 0.569. The lowest BCUT2D eigenvalue weighted by molar-refractivity contribution is -0.147. The standard InChI is InChI=1S/C29H37N3O4S/c1-29(2,3)30-26(34)24-18-37-19-32(24)28(36)25(33)17-31-23(15-21-12-8-5-9-13-21)16-22(27(31)35)14-20-10-6-4-7-11-20/h4-13,22-25,33H,14-19H2,1-3H3,(H,30,34). The molecule has 37 heavy (non-hydrogen) atoms. The number of thioether (sulfide) groups is 1. The molecular formula is C29H37N3O4S. The van der Waals surface area contributed by atoms with Crippen molar-refractivity contribution < 1.29 is 19.5 Å². The highest BCUT2D eigenvalue weighted by Gasteiger charge is 2.43. The van der Waals surface area contributed by atoms with E-state index >= 15 is 0 Å². The van der Waals surface area contributed by atoms with E-state index in [4.69, 9.17) is 0 Å². The van der Waals surface area contributed by atoms with Crippen LogP contribution in [0.3, 0.4) is 0 Å². The number of β-amino-alcohol motifs (C(OH)–C–C–N with tert-alkyl or cyclic N) is 1. The Bertz CT molecular complexity index is 1090. The van der Waals surface area contributed by atoms with Gasteiger partial charge in [-0.1, -0.05) is 60.7 Å². The Balaban J connectivity index is 1.48. The van der Waals surface area contributed by atoms with Crippen LogP contribution in [0.15, 0.2) is 60.7 Å². The zero-order chi connectivity index (χ0) is 26.6. The Morgan fingerprint density at radius 1 is 1.03 bits per heavy atom. The van der Waals surface area contributed by atoms with Gasteiger partial charge in [-0.15, -0.1) is 11.8 Å². The van der Waals surface area contributed by atoms with E-state index in [-0.39, 0.29) is 30.3 Å². The molecule has 2 fully saturated rings. The Morgan fingerprint density at radius 3 is 2.22 bits per heavy atom. The van der Waals surface area contributed by atoms with E-state index in [1.807, 2.05) is 81.4 Å². The highest BCUT2D eigenvalue weighted by atomic mass is 32.2. The average molecular weight is 524 g/mol. The van der Waals surface area contributed by atoms with Crippen molar-refractivity contribution in [1.82, 2.24) is 15.1 Å². The molecule has 4 atom stereocenters. The molecule has 4 rings (SSSR count). The number of amides is 3. The van der Waals surface area contributed by atoms with Gasteiger partial charge in [0.05, 0.1) is 12.4 Å². The molecule has 2 saturated heterocycles. The van der Waals surface area contributed by atoms with Crippen molar-refractivity contribution >= 4 is 29.5 Å². The van der Waals surface area contributed by atoms with Gasteiger partial charge >= 0.3 is 0 Å². The summed E-state index contributed by atoms with van der Waals surface area (Å²) < 4.78 is 0. The first-order valence-electron chi connectivity index (χ1n) is 12.9. The largest absolute Gasteiger partial charge is 0.381 e. The second-order valence-electron chi connectivity index (χ2n) is 11.0. The molecule has 0 radical (unpaired) electrons. The van der Waals surface area contributed by atoms with E-state index < -0.39 is 23.6 Å². The van der Waals surface area contributed by atoms with Crippen LogP contribution in [0.1, 0.15) is 38.3 Å². The monoisotopic (exact) mass is 523 g/mol. The predicted molar refractivity (Wildman–Crippen MR) is 146 cm³/mol. The van der Waals surface area contributed by atoms with E-state index in [2.05, 4.69) is 5.32 Å². The zero-order valence-corrected chi connectivity index (χ0v) is 22.6. The molecule has 2 aliphatic rings. The SMILES string of the molecule is CC(C)(C)NC(=O)C1CSCN1C(=O)C(O)CN1C(=O)C(Cc2ccccc2)CC1Cc1ccccc1. The van der Waals surface area contributed by atoms with Crippen LogP contribution in [-0.2, 0) is 27.2 Å². The van der Waals surface area contributed by atoms with Gasteiger partial charge in [-0.25, -0.2) is 0 Å². The van der Waals surface area contributed by atoms with Crippen LogP contribution in [0.5, 0.6) is 0 Å². The molecule has 2 N–H and O–H groups in total. The number of aliphatic hydroxyl groups is 1. The average Bonchev–Trinajstić information content (AvgIpc) is 3.45. The van der Waals surface area contributed by atoms with E-state index in [1.54, 1.807) is 4.90 Å². The van der Waals surface area contributed by atoms with Gasteiger partial charge in [0.1, 0.15) is 6.04 Å². The first kappa shape index (κ1) is 27.2. The third-order valence-corrected chi connectivity index (χ3v) is 7.90. The fraction of sp³-hybridized carbons (Fsp3) is 0.483. The van der Waals surface area contributed by atoms with Crippen molar-refractivity contribution in [3.05, 3.63) is 71.8 Å². The molecule has 0 bridgehead atoms. The van der Waals surface area contributed by atoms with Gasteiger partial charge in [-0.05, 0) is 51.2 Å². The second-order valence-corrected chi connectivity index (χ2v) is 12.0. The van der Waals surface area contributed by atoms with Crippen molar-refractivity contribution in [2.75, 3.05) is 18.2 Å². The molecule has 198 valence electrons. The van der Waals surface area contributed by atoms with Crippen molar-refractivity contribution in [3.8, 4) is 0 Å². The van der Waals surface area contributed by atoms with Crippen LogP contribution in [0.2, 0.25) is 0 Å². The first-order chi connectivity index (χ1) is 17.6. The topological polar surface area (TPSA) is 89.9 Å². The summed E-state index contributed by atoms with van der Waals surface area (Å²) in [5, 5.41) is 14.0. The third kappa shape index (κ3) is 6.93. The number of aliphatic hydroxyl groups excluding tert-OH is 1. The number of hydrogen-bond donors (Lipinski definition) is 2. The van der Waals surface area contributed by atoms with Crippen molar-refractivity contribution in [1.29, 1.82) is 0 Å². The lowest BCUT2D eigenvalue weighted by atomic mass is 9.94. The number of carbonyl (C=O) groups is 3. The minimum atomic E-state index is -1.39. The first-order valence-corrected chi connectivity index (χ1v) is 14.0. The molecule has 4 unspecified atom stereocenters. The summed E-state index contributed by atoms with van der Waals surface area (Å²) in [6.45, 7) is 5.61. The fourth-order valence-corrected chi connectivity index (χ4v) is 6.31. The van der Waals surface area contributed by atoms with Gasteiger partial charge in [0, 0.05) is 23.3 Å². The number of benzene rings is 2. The molecule has 2 aliphatic heterocycles. The van der Waals surface area contributed by atoms with Crippen LogP contribution in [-0.4, -0.2) is 74.5 Å². The van der Waals surface area contributed by atoms with E-state index in [1.165, 1.54) is 16.7 Å². The summed E-state index contributed by atoms with van der Waals surface area (Å²) in [6, 6.07) is 19.2. The molecule has 0 aliphatic carbocycles. The number of nitrogens with zero attached hydrogens (tertiary/aromatic N) is 2. The fourth-order valence-electron chi connectivity index (χ4n) is 5.14.